The summed E-state index contributed by atoms with van der Waals surface area (Å²) in [6.45, 7) is 19.9. The van der Waals surface area contributed by atoms with E-state index in [0.717, 1.165) is 54.2 Å². The smallest absolute Gasteiger partial charge is 0.573 e. The van der Waals surface area contributed by atoms with Crippen LogP contribution in [0, 0.1) is 5.92 Å². The van der Waals surface area contributed by atoms with E-state index in [1.165, 1.54) is 16.7 Å². The number of hydrogen-bond acceptors (Lipinski definition) is 5. The summed E-state index contributed by atoms with van der Waals surface area (Å²) >= 11 is 0. The molecule has 4 aromatic heterocycles. The van der Waals surface area contributed by atoms with Crippen molar-refractivity contribution in [1.29, 1.82) is 0 Å². The Morgan fingerprint density at radius 3 is 2.20 bits per heavy atom. The third-order valence-corrected chi connectivity index (χ3v) is 7.36. The Hall–Kier alpha value is -2.66. The number of rotatable bonds is 5. The van der Waals surface area contributed by atoms with Crippen LogP contribution in [0.4, 0.5) is 0 Å². The first-order chi connectivity index (χ1) is 18.4. The molecule has 1 aliphatic carbocycles. The number of pyridine rings is 1. The SMILES string of the molecule is CC(C)(C)c1ccncc1.CC(C)Cc1n[n-]c(-c2ccnc(-c3[n-]nc4c3CCCC4(C)C)n2)c1C(C)C.[Pt+2]. The molecule has 0 saturated heterocycles. The van der Waals surface area contributed by atoms with Crippen molar-refractivity contribution in [3.63, 3.8) is 0 Å². The van der Waals surface area contributed by atoms with Crippen LogP contribution in [0.3, 0.4) is 0 Å². The first-order valence-corrected chi connectivity index (χ1v) is 14.2. The maximum atomic E-state index is 4.86. The molecule has 0 radical (unpaired) electrons. The molecule has 0 amide bonds. The summed E-state index contributed by atoms with van der Waals surface area (Å²) in [5.41, 5.74) is 8.73. The van der Waals surface area contributed by atoms with Gasteiger partial charge in [0.15, 0.2) is 0 Å². The average molecular weight is 721 g/mol. The molecule has 0 aromatic carbocycles. The van der Waals surface area contributed by atoms with Gasteiger partial charge in [-0.15, -0.1) is 0 Å². The number of aromatic nitrogens is 7. The Morgan fingerprint density at radius 2 is 1.60 bits per heavy atom. The van der Waals surface area contributed by atoms with E-state index < -0.39 is 0 Å². The Morgan fingerprint density at radius 1 is 0.925 bits per heavy atom. The molecule has 4 aromatic rings. The van der Waals surface area contributed by atoms with Gasteiger partial charge < -0.3 is 20.4 Å². The molecule has 0 saturated carbocycles. The first-order valence-electron chi connectivity index (χ1n) is 14.2. The Kier molecular flexibility index (Phi) is 10.3. The Labute approximate surface area is 254 Å². The molecular formula is C32H43N7Pt. The number of nitrogens with zero attached hydrogens (tertiary/aromatic N) is 7. The molecule has 1 aliphatic rings. The van der Waals surface area contributed by atoms with E-state index in [4.69, 9.17) is 4.98 Å². The summed E-state index contributed by atoms with van der Waals surface area (Å²) in [7, 11) is 0. The maximum Gasteiger partial charge on any atom is 2.00 e. The third-order valence-electron chi connectivity index (χ3n) is 7.36. The fourth-order valence-corrected chi connectivity index (χ4v) is 5.26. The molecule has 0 N–H and O–H groups in total. The molecule has 0 bridgehead atoms. The summed E-state index contributed by atoms with van der Waals surface area (Å²) in [5.74, 6) is 1.50. The quantitative estimate of drug-likeness (QED) is 0.223. The van der Waals surface area contributed by atoms with Gasteiger partial charge in [0.2, 0.25) is 0 Å². The topological polar surface area (TPSA) is 92.7 Å². The average Bonchev–Trinajstić information content (AvgIpc) is 3.50. The van der Waals surface area contributed by atoms with Gasteiger partial charge in [-0.25, -0.2) is 9.97 Å². The standard InChI is InChI=1S/C23H30N6.C9H13N.Pt/c1-13(2)12-17-18(14(3)4)20(28-26-17)16-9-11-24-22(25-16)19-15-8-7-10-23(5,6)21(15)29-27-19;1-9(2,3)8-4-6-10-7-5-8;/h9,11,13-14H,7-8,10,12H2,1-6H3;4-7H,1-3H3;/q-2;;+2. The van der Waals surface area contributed by atoms with Crippen molar-refractivity contribution in [2.45, 2.75) is 105 Å². The van der Waals surface area contributed by atoms with Crippen LogP contribution in [0.15, 0.2) is 36.8 Å². The van der Waals surface area contributed by atoms with Crippen molar-refractivity contribution < 1.29 is 21.1 Å². The molecule has 7 nitrogen and oxygen atoms in total. The fourth-order valence-electron chi connectivity index (χ4n) is 5.26. The summed E-state index contributed by atoms with van der Waals surface area (Å²) in [5, 5.41) is 18.0. The third kappa shape index (κ3) is 7.15. The van der Waals surface area contributed by atoms with Gasteiger partial charge in [0.1, 0.15) is 5.82 Å². The molecule has 0 atom stereocenters. The van der Waals surface area contributed by atoms with Gasteiger partial charge in [-0.3, -0.25) is 4.98 Å². The number of hydrogen-bond donors (Lipinski definition) is 0. The van der Waals surface area contributed by atoms with Gasteiger partial charge in [0.05, 0.1) is 5.69 Å². The summed E-state index contributed by atoms with van der Waals surface area (Å²) in [4.78, 5) is 13.4. The predicted molar refractivity (Wildman–Crippen MR) is 157 cm³/mol. The van der Waals surface area contributed by atoms with Crippen LogP contribution in [-0.2, 0) is 44.7 Å². The van der Waals surface area contributed by atoms with Crippen LogP contribution < -0.4 is 10.2 Å². The molecule has 5 rings (SSSR count). The van der Waals surface area contributed by atoms with E-state index in [1.807, 2.05) is 18.5 Å². The molecule has 0 unspecified atom stereocenters. The second kappa shape index (κ2) is 12.9. The van der Waals surface area contributed by atoms with E-state index in [-0.39, 0.29) is 31.9 Å². The van der Waals surface area contributed by atoms with Crippen molar-refractivity contribution in [2.75, 3.05) is 0 Å². The zero-order valence-electron chi connectivity index (χ0n) is 25.4. The number of fused-ring (bicyclic) bond motifs is 1. The van der Waals surface area contributed by atoms with E-state index in [1.54, 1.807) is 6.20 Å². The van der Waals surface area contributed by atoms with Crippen LogP contribution in [0.1, 0.15) is 109 Å². The molecule has 8 heteroatoms. The van der Waals surface area contributed by atoms with Crippen molar-refractivity contribution in [3.8, 4) is 22.9 Å². The van der Waals surface area contributed by atoms with Crippen LogP contribution in [0.25, 0.3) is 22.9 Å². The molecule has 0 aliphatic heterocycles. The van der Waals surface area contributed by atoms with Gasteiger partial charge in [0, 0.05) is 35.4 Å². The Balaban J connectivity index is 0.000000340. The monoisotopic (exact) mass is 720 g/mol. The van der Waals surface area contributed by atoms with E-state index in [9.17, 15) is 0 Å². The van der Waals surface area contributed by atoms with Gasteiger partial charge in [-0.05, 0) is 77.8 Å². The van der Waals surface area contributed by atoms with Crippen LogP contribution >= 0.6 is 0 Å². The second-order valence-corrected chi connectivity index (χ2v) is 13.0. The summed E-state index contributed by atoms with van der Waals surface area (Å²) < 4.78 is 0. The van der Waals surface area contributed by atoms with Gasteiger partial charge >= 0.3 is 21.1 Å². The fraction of sp³-hybridized carbons (Fsp3) is 0.531. The summed E-state index contributed by atoms with van der Waals surface area (Å²) in [6, 6.07) is 6.03. The zero-order valence-corrected chi connectivity index (χ0v) is 27.7. The van der Waals surface area contributed by atoms with Crippen LogP contribution in [0.2, 0.25) is 0 Å². The van der Waals surface area contributed by atoms with E-state index in [0.29, 0.717) is 17.7 Å². The molecule has 4 heterocycles. The zero-order chi connectivity index (χ0) is 28.4. The molecular weight excluding hydrogens is 677 g/mol. The minimum Gasteiger partial charge on any atom is -0.573 e. The normalized spacial score (nSPS) is 14.4. The maximum absolute atomic E-state index is 4.86. The minimum absolute atomic E-state index is 0. The molecule has 0 fully saturated rings. The van der Waals surface area contributed by atoms with Crippen LogP contribution in [-0.4, -0.2) is 25.1 Å². The molecule has 0 spiro atoms. The Bertz CT molecular complexity index is 1380. The predicted octanol–water partition coefficient (Wildman–Crippen LogP) is 6.83. The van der Waals surface area contributed by atoms with Crippen molar-refractivity contribution in [3.05, 3.63) is 64.9 Å². The van der Waals surface area contributed by atoms with E-state index in [2.05, 4.69) is 105 Å². The molecule has 216 valence electrons. The van der Waals surface area contributed by atoms with Gasteiger partial charge in [0.25, 0.3) is 0 Å². The molecule has 40 heavy (non-hydrogen) atoms. The van der Waals surface area contributed by atoms with Crippen LogP contribution in [0.5, 0.6) is 0 Å². The van der Waals surface area contributed by atoms with Gasteiger partial charge in [-0.2, -0.15) is 0 Å². The summed E-state index contributed by atoms with van der Waals surface area (Å²) in [6.07, 6.45) is 9.66. The van der Waals surface area contributed by atoms with Crippen molar-refractivity contribution >= 4 is 0 Å². The minimum atomic E-state index is 0. The van der Waals surface area contributed by atoms with Crippen molar-refractivity contribution in [2.24, 2.45) is 5.92 Å². The first kappa shape index (κ1) is 31.9. The largest absolute Gasteiger partial charge is 2.00 e. The second-order valence-electron chi connectivity index (χ2n) is 13.0. The van der Waals surface area contributed by atoms with E-state index >= 15 is 0 Å². The van der Waals surface area contributed by atoms with Gasteiger partial charge in [-0.1, -0.05) is 73.7 Å². The van der Waals surface area contributed by atoms with Crippen molar-refractivity contribution in [1.82, 2.24) is 35.3 Å².